The maximum atomic E-state index is 12.3. The Morgan fingerprint density at radius 2 is 1.79 bits per heavy atom. The number of para-hydroxylation sites is 1. The van der Waals surface area contributed by atoms with Crippen molar-refractivity contribution in [3.8, 4) is 11.3 Å². The zero-order chi connectivity index (χ0) is 17.3. The van der Waals surface area contributed by atoms with Gasteiger partial charge in [0.1, 0.15) is 11.3 Å². The molecule has 0 saturated heterocycles. The smallest absolute Gasteiger partial charge is 0.307 e. The Bertz CT molecular complexity index is 996. The molecule has 0 saturated carbocycles. The Morgan fingerprint density at radius 3 is 2.42 bits per heavy atom. The third-order valence-corrected chi connectivity index (χ3v) is 3.75. The molecule has 0 aliphatic carbocycles. The molecule has 2 aromatic carbocycles. The lowest BCUT2D eigenvalue weighted by molar-refractivity contribution is -0.136. The number of hydrogen-bond acceptors (Lipinski definition) is 4. The van der Waals surface area contributed by atoms with Crippen LogP contribution in [0.1, 0.15) is 22.8 Å². The van der Waals surface area contributed by atoms with Crippen molar-refractivity contribution < 1.29 is 19.1 Å². The van der Waals surface area contributed by atoms with E-state index in [1.165, 1.54) is 13.0 Å². The van der Waals surface area contributed by atoms with E-state index in [4.69, 9.17) is 9.52 Å². The highest BCUT2D eigenvalue weighted by Gasteiger charge is 2.12. The molecule has 1 heterocycles. The standard InChI is InChI=1S/C19H14O5/c1-11(20)12-5-7-13(8-6-12)17-10-16(21)15-4-2-3-14(9-18(22)23)19(15)24-17/h2-8,10H,9H2,1H3,(H,22,23). The van der Waals surface area contributed by atoms with Gasteiger partial charge in [-0.3, -0.25) is 14.4 Å². The second-order valence-corrected chi connectivity index (χ2v) is 5.47. The van der Waals surface area contributed by atoms with Crippen LogP contribution in [0.2, 0.25) is 0 Å². The van der Waals surface area contributed by atoms with Crippen molar-refractivity contribution in [3.05, 3.63) is 69.9 Å². The van der Waals surface area contributed by atoms with Gasteiger partial charge in [-0.25, -0.2) is 0 Å². The van der Waals surface area contributed by atoms with Crippen LogP contribution < -0.4 is 5.43 Å². The van der Waals surface area contributed by atoms with Crippen LogP contribution in [0.5, 0.6) is 0 Å². The summed E-state index contributed by atoms with van der Waals surface area (Å²) in [6, 6.07) is 12.9. The summed E-state index contributed by atoms with van der Waals surface area (Å²) < 4.78 is 5.81. The minimum absolute atomic E-state index is 0.0507. The van der Waals surface area contributed by atoms with Crippen LogP contribution in [-0.2, 0) is 11.2 Å². The third-order valence-electron chi connectivity index (χ3n) is 3.75. The fourth-order valence-corrected chi connectivity index (χ4v) is 2.55. The predicted octanol–water partition coefficient (Wildman–Crippen LogP) is 3.29. The number of carbonyl (C=O) groups excluding carboxylic acids is 1. The normalized spacial score (nSPS) is 10.7. The predicted molar refractivity (Wildman–Crippen MR) is 89.3 cm³/mol. The van der Waals surface area contributed by atoms with Gasteiger partial charge in [-0.1, -0.05) is 36.4 Å². The molecule has 5 heteroatoms. The molecule has 1 aromatic heterocycles. The highest BCUT2D eigenvalue weighted by molar-refractivity contribution is 5.94. The monoisotopic (exact) mass is 322 g/mol. The molecule has 1 N–H and O–H groups in total. The Hall–Kier alpha value is -3.21. The van der Waals surface area contributed by atoms with Gasteiger partial charge in [-0.15, -0.1) is 0 Å². The van der Waals surface area contributed by atoms with Crippen molar-refractivity contribution in [2.75, 3.05) is 0 Å². The first-order valence-corrected chi connectivity index (χ1v) is 7.34. The number of carboxylic acid groups (broad SMARTS) is 1. The summed E-state index contributed by atoms with van der Waals surface area (Å²) in [6.45, 7) is 1.48. The summed E-state index contributed by atoms with van der Waals surface area (Å²) in [6.07, 6.45) is -0.229. The first-order valence-electron chi connectivity index (χ1n) is 7.34. The maximum absolute atomic E-state index is 12.3. The van der Waals surface area contributed by atoms with Gasteiger partial charge in [0.25, 0.3) is 0 Å². The number of benzene rings is 2. The molecule has 0 atom stereocenters. The van der Waals surface area contributed by atoms with Crippen molar-refractivity contribution in [2.45, 2.75) is 13.3 Å². The number of Topliss-reactive ketones (excluding diaryl/α,β-unsaturated/α-hetero) is 1. The number of fused-ring (bicyclic) bond motifs is 1. The zero-order valence-electron chi connectivity index (χ0n) is 12.9. The van der Waals surface area contributed by atoms with Crippen LogP contribution in [0.3, 0.4) is 0 Å². The Morgan fingerprint density at radius 1 is 1.08 bits per heavy atom. The number of hydrogen-bond donors (Lipinski definition) is 1. The van der Waals surface area contributed by atoms with E-state index >= 15 is 0 Å². The van der Waals surface area contributed by atoms with Crippen LogP contribution in [0.4, 0.5) is 0 Å². The highest BCUT2D eigenvalue weighted by Crippen LogP contribution is 2.25. The number of rotatable bonds is 4. The van der Waals surface area contributed by atoms with E-state index in [-0.39, 0.29) is 23.2 Å². The Labute approximate surface area is 137 Å². The van der Waals surface area contributed by atoms with Gasteiger partial charge in [-0.05, 0) is 13.0 Å². The van der Waals surface area contributed by atoms with Crippen molar-refractivity contribution >= 4 is 22.7 Å². The van der Waals surface area contributed by atoms with E-state index in [0.717, 1.165) is 0 Å². The van der Waals surface area contributed by atoms with Crippen molar-refractivity contribution in [2.24, 2.45) is 0 Å². The van der Waals surface area contributed by atoms with Gasteiger partial charge < -0.3 is 9.52 Å². The minimum atomic E-state index is -0.999. The van der Waals surface area contributed by atoms with Crippen LogP contribution in [0.15, 0.2) is 57.7 Å². The van der Waals surface area contributed by atoms with Crippen LogP contribution >= 0.6 is 0 Å². The molecule has 0 fully saturated rings. The molecule has 120 valence electrons. The topological polar surface area (TPSA) is 84.6 Å². The SMILES string of the molecule is CC(=O)c1ccc(-c2cc(=O)c3cccc(CC(=O)O)c3o2)cc1. The van der Waals surface area contributed by atoms with Crippen LogP contribution in [-0.4, -0.2) is 16.9 Å². The van der Waals surface area contributed by atoms with E-state index in [1.807, 2.05) is 0 Å². The fourth-order valence-electron chi connectivity index (χ4n) is 2.55. The molecular formula is C19H14O5. The molecule has 5 nitrogen and oxygen atoms in total. The fraction of sp³-hybridized carbons (Fsp3) is 0.105. The van der Waals surface area contributed by atoms with Crippen LogP contribution in [0.25, 0.3) is 22.3 Å². The van der Waals surface area contributed by atoms with Gasteiger partial charge >= 0.3 is 5.97 Å². The first kappa shape index (κ1) is 15.7. The first-order chi connectivity index (χ1) is 11.5. The largest absolute Gasteiger partial charge is 0.481 e. The van der Waals surface area contributed by atoms with E-state index in [1.54, 1.807) is 42.5 Å². The second kappa shape index (κ2) is 6.12. The summed E-state index contributed by atoms with van der Waals surface area (Å²) >= 11 is 0. The van der Waals surface area contributed by atoms with Crippen LogP contribution in [0, 0.1) is 0 Å². The van der Waals surface area contributed by atoms with E-state index in [0.29, 0.717) is 27.8 Å². The molecule has 0 aliphatic heterocycles. The van der Waals surface area contributed by atoms with Gasteiger partial charge in [0, 0.05) is 22.8 Å². The van der Waals surface area contributed by atoms with Crippen molar-refractivity contribution in [1.82, 2.24) is 0 Å². The van der Waals surface area contributed by atoms with Gasteiger partial charge in [0.2, 0.25) is 0 Å². The van der Waals surface area contributed by atoms with Gasteiger partial charge in [0.15, 0.2) is 11.2 Å². The average Bonchev–Trinajstić information content (AvgIpc) is 2.55. The highest BCUT2D eigenvalue weighted by atomic mass is 16.4. The number of carbonyl (C=O) groups is 2. The van der Waals surface area contributed by atoms with Gasteiger partial charge in [-0.2, -0.15) is 0 Å². The van der Waals surface area contributed by atoms with Crippen molar-refractivity contribution in [1.29, 1.82) is 0 Å². The quantitative estimate of drug-likeness (QED) is 0.745. The number of carboxylic acids is 1. The van der Waals surface area contributed by atoms with E-state index in [2.05, 4.69) is 0 Å². The summed E-state index contributed by atoms with van der Waals surface area (Å²) in [5.74, 6) is -0.716. The van der Waals surface area contributed by atoms with E-state index in [9.17, 15) is 14.4 Å². The molecule has 0 bridgehead atoms. The molecule has 24 heavy (non-hydrogen) atoms. The molecule has 3 aromatic rings. The third kappa shape index (κ3) is 2.96. The maximum Gasteiger partial charge on any atom is 0.307 e. The average molecular weight is 322 g/mol. The Balaban J connectivity index is 2.17. The molecule has 0 aliphatic rings. The zero-order valence-corrected chi connectivity index (χ0v) is 12.9. The Kier molecular flexibility index (Phi) is 4.00. The lowest BCUT2D eigenvalue weighted by Crippen LogP contribution is -2.05. The van der Waals surface area contributed by atoms with Gasteiger partial charge in [0.05, 0.1) is 11.8 Å². The molecule has 0 amide bonds. The van der Waals surface area contributed by atoms with Crippen molar-refractivity contribution in [3.63, 3.8) is 0 Å². The number of ketones is 1. The van der Waals surface area contributed by atoms with E-state index < -0.39 is 5.97 Å². The summed E-state index contributed by atoms with van der Waals surface area (Å²) in [5.41, 5.74) is 1.68. The number of aliphatic carboxylic acids is 1. The summed E-state index contributed by atoms with van der Waals surface area (Å²) in [5, 5.41) is 9.36. The molecular weight excluding hydrogens is 308 g/mol. The summed E-state index contributed by atoms with van der Waals surface area (Å²) in [4.78, 5) is 34.7. The lowest BCUT2D eigenvalue weighted by Gasteiger charge is -2.07. The molecule has 0 unspecified atom stereocenters. The molecule has 0 radical (unpaired) electrons. The molecule has 3 rings (SSSR count). The minimum Gasteiger partial charge on any atom is -0.481 e. The second-order valence-electron chi connectivity index (χ2n) is 5.47. The lowest BCUT2D eigenvalue weighted by atomic mass is 10.0. The summed E-state index contributed by atoms with van der Waals surface area (Å²) in [7, 11) is 0. The molecule has 0 spiro atoms.